The van der Waals surface area contributed by atoms with Gasteiger partial charge in [-0.25, -0.2) is 0 Å². The van der Waals surface area contributed by atoms with E-state index in [1.54, 1.807) is 30.3 Å². The maximum atomic E-state index is 13.0. The van der Waals surface area contributed by atoms with E-state index in [1.807, 2.05) is 17.6 Å². The number of fused-ring (bicyclic) bond motifs is 4. The van der Waals surface area contributed by atoms with Gasteiger partial charge in [-0.1, -0.05) is 18.7 Å². The minimum absolute atomic E-state index is 0.0188. The molecule has 10 nitrogen and oxygen atoms in total. The van der Waals surface area contributed by atoms with E-state index < -0.39 is 23.1 Å². The number of carbonyl (C=O) groups is 1. The molecule has 1 aromatic carbocycles. The number of methoxy groups -OCH3 is 2. The van der Waals surface area contributed by atoms with Crippen LogP contribution in [0.1, 0.15) is 54.4 Å². The lowest BCUT2D eigenvalue weighted by Gasteiger charge is -2.42. The Labute approximate surface area is 243 Å². The molecule has 0 unspecified atom stereocenters. The lowest BCUT2D eigenvalue weighted by atomic mass is 9.83. The van der Waals surface area contributed by atoms with Crippen LogP contribution in [0, 0.1) is 5.92 Å². The maximum absolute atomic E-state index is 13.0. The van der Waals surface area contributed by atoms with E-state index in [-0.39, 0.29) is 23.7 Å². The zero-order valence-corrected chi connectivity index (χ0v) is 24.1. The summed E-state index contributed by atoms with van der Waals surface area (Å²) in [6.07, 6.45) is 0.824. The van der Waals surface area contributed by atoms with Crippen molar-refractivity contribution in [2.24, 2.45) is 5.92 Å². The molecule has 2 aliphatic heterocycles. The standard InChI is InChI=1S/C32H36N2O8/c1-19(2)18-41-27-9-8-21(11-28(27)39-3)24(13-30(37)40-4)32-31(38)26(35)12-23(42-32)17-33-14-20-10-22(16-33)25-6-5-7-29(36)34(25)15-20/h5-9,11-12,20,22,24,38H,1,10,13-18H2,2-4H3/t20-,22+,24-/m0/s1. The van der Waals surface area contributed by atoms with Gasteiger partial charge in [-0.15, -0.1) is 0 Å². The number of pyridine rings is 1. The second kappa shape index (κ2) is 12.3. The van der Waals surface area contributed by atoms with Crippen LogP contribution in [0.3, 0.4) is 0 Å². The van der Waals surface area contributed by atoms with Crippen LogP contribution in [0.4, 0.5) is 0 Å². The second-order valence-electron chi connectivity index (χ2n) is 11.2. The molecule has 4 heterocycles. The molecule has 0 aliphatic carbocycles. The van der Waals surface area contributed by atoms with Crippen molar-refractivity contribution in [3.63, 3.8) is 0 Å². The average molecular weight is 577 g/mol. The van der Waals surface area contributed by atoms with Crippen LogP contribution in [0.15, 0.2) is 68.6 Å². The lowest BCUT2D eigenvalue weighted by molar-refractivity contribution is -0.140. The van der Waals surface area contributed by atoms with E-state index in [2.05, 4.69) is 11.5 Å². The summed E-state index contributed by atoms with van der Waals surface area (Å²) in [6.45, 7) is 8.44. The van der Waals surface area contributed by atoms with Crippen LogP contribution in [0.5, 0.6) is 17.2 Å². The van der Waals surface area contributed by atoms with Crippen molar-refractivity contribution in [1.82, 2.24) is 9.47 Å². The lowest BCUT2D eigenvalue weighted by Crippen LogP contribution is -2.46. The van der Waals surface area contributed by atoms with Gasteiger partial charge in [0.2, 0.25) is 11.2 Å². The zero-order chi connectivity index (χ0) is 30.0. The average Bonchev–Trinajstić information content (AvgIpc) is 2.97. The number of esters is 1. The second-order valence-corrected chi connectivity index (χ2v) is 11.2. The van der Waals surface area contributed by atoms with Crippen LogP contribution >= 0.6 is 0 Å². The van der Waals surface area contributed by atoms with Gasteiger partial charge in [-0.05, 0) is 48.6 Å². The molecule has 10 heteroatoms. The van der Waals surface area contributed by atoms with Gasteiger partial charge in [0, 0.05) is 43.4 Å². The molecule has 1 saturated heterocycles. The fourth-order valence-corrected chi connectivity index (χ4v) is 6.05. The molecule has 2 aromatic heterocycles. The summed E-state index contributed by atoms with van der Waals surface area (Å²) in [5.41, 5.74) is 1.87. The largest absolute Gasteiger partial charge is 0.502 e. The van der Waals surface area contributed by atoms with Crippen molar-refractivity contribution in [2.75, 3.05) is 33.9 Å². The number of nitrogens with zero attached hydrogens (tertiary/aromatic N) is 2. The highest BCUT2D eigenvalue weighted by Crippen LogP contribution is 2.39. The Bertz CT molecular complexity index is 1610. The minimum Gasteiger partial charge on any atom is -0.502 e. The number of carbonyl (C=O) groups excluding carboxylic acids is 1. The molecule has 0 saturated carbocycles. The summed E-state index contributed by atoms with van der Waals surface area (Å²) in [4.78, 5) is 40.1. The Morgan fingerprint density at radius 2 is 1.93 bits per heavy atom. The molecule has 1 N–H and O–H groups in total. The third-order valence-electron chi connectivity index (χ3n) is 7.91. The molecule has 3 atom stereocenters. The Morgan fingerprint density at radius 3 is 2.67 bits per heavy atom. The molecular formula is C32H36N2O8. The van der Waals surface area contributed by atoms with Crippen molar-refractivity contribution in [3.05, 3.63) is 98.0 Å². The van der Waals surface area contributed by atoms with Crippen LogP contribution in [0.25, 0.3) is 0 Å². The SMILES string of the molecule is C=C(C)COc1ccc([C@H](CC(=O)OC)c2oc(CN3C[C@@H]4C[C@H](C3)c3cccc(=O)n3C4)cc(=O)c2O)cc1OC. The monoisotopic (exact) mass is 576 g/mol. The van der Waals surface area contributed by atoms with E-state index in [4.69, 9.17) is 18.6 Å². The Hall–Kier alpha value is -4.31. The molecule has 3 aromatic rings. The van der Waals surface area contributed by atoms with Gasteiger partial charge in [0.25, 0.3) is 5.56 Å². The number of piperidine rings is 1. The summed E-state index contributed by atoms with van der Waals surface area (Å²) >= 11 is 0. The fraction of sp³-hybridized carbons (Fsp3) is 0.406. The Balaban J connectivity index is 1.45. The number of hydrogen-bond acceptors (Lipinski definition) is 9. The smallest absolute Gasteiger partial charge is 0.306 e. The van der Waals surface area contributed by atoms with E-state index in [0.29, 0.717) is 55.0 Å². The van der Waals surface area contributed by atoms with E-state index >= 15 is 0 Å². The van der Waals surface area contributed by atoms with Gasteiger partial charge < -0.3 is 28.3 Å². The number of ether oxygens (including phenoxy) is 3. The van der Waals surface area contributed by atoms with Crippen LogP contribution in [-0.2, 0) is 22.6 Å². The molecule has 0 amide bonds. The first-order valence-corrected chi connectivity index (χ1v) is 14.0. The van der Waals surface area contributed by atoms with Crippen molar-refractivity contribution < 1.29 is 28.5 Å². The van der Waals surface area contributed by atoms with Gasteiger partial charge in [0.05, 0.1) is 33.1 Å². The predicted octanol–water partition coefficient (Wildman–Crippen LogP) is 3.78. The zero-order valence-electron chi connectivity index (χ0n) is 24.1. The minimum atomic E-state index is -0.825. The molecule has 2 bridgehead atoms. The number of aromatic nitrogens is 1. The predicted molar refractivity (Wildman–Crippen MR) is 155 cm³/mol. The molecule has 5 rings (SSSR count). The third kappa shape index (κ3) is 6.13. The van der Waals surface area contributed by atoms with Gasteiger partial charge in [0.1, 0.15) is 12.4 Å². The summed E-state index contributed by atoms with van der Waals surface area (Å²) < 4.78 is 24.3. The number of benzene rings is 1. The first-order valence-electron chi connectivity index (χ1n) is 14.0. The molecule has 42 heavy (non-hydrogen) atoms. The Kier molecular flexibility index (Phi) is 8.54. The number of rotatable bonds is 10. The van der Waals surface area contributed by atoms with Crippen molar-refractivity contribution in [3.8, 4) is 17.2 Å². The first kappa shape index (κ1) is 29.2. The van der Waals surface area contributed by atoms with Gasteiger partial charge >= 0.3 is 5.97 Å². The summed E-state index contributed by atoms with van der Waals surface area (Å²) in [5.74, 6) is -0.167. The number of likely N-dealkylation sites (tertiary alicyclic amines) is 1. The molecule has 0 spiro atoms. The van der Waals surface area contributed by atoms with Crippen molar-refractivity contribution >= 4 is 5.97 Å². The van der Waals surface area contributed by atoms with E-state index in [0.717, 1.165) is 24.2 Å². The highest BCUT2D eigenvalue weighted by atomic mass is 16.5. The molecule has 0 radical (unpaired) electrons. The van der Waals surface area contributed by atoms with Crippen LogP contribution in [-0.4, -0.2) is 54.5 Å². The normalized spacial score (nSPS) is 18.5. The summed E-state index contributed by atoms with van der Waals surface area (Å²) in [5, 5.41) is 10.9. The fourth-order valence-electron chi connectivity index (χ4n) is 6.05. The van der Waals surface area contributed by atoms with Crippen LogP contribution in [0.2, 0.25) is 0 Å². The van der Waals surface area contributed by atoms with E-state index in [1.165, 1.54) is 20.3 Å². The molecule has 222 valence electrons. The molecule has 1 fully saturated rings. The van der Waals surface area contributed by atoms with Crippen LogP contribution < -0.4 is 20.5 Å². The number of hydrogen-bond donors (Lipinski definition) is 1. The van der Waals surface area contributed by atoms with Gasteiger partial charge in [-0.3, -0.25) is 19.3 Å². The highest BCUT2D eigenvalue weighted by molar-refractivity contribution is 5.71. The van der Waals surface area contributed by atoms with Gasteiger partial charge in [0.15, 0.2) is 17.3 Å². The van der Waals surface area contributed by atoms with Crippen molar-refractivity contribution in [2.45, 2.75) is 44.7 Å². The van der Waals surface area contributed by atoms with Crippen molar-refractivity contribution in [1.29, 1.82) is 0 Å². The topological polar surface area (TPSA) is 120 Å². The van der Waals surface area contributed by atoms with E-state index in [9.17, 15) is 19.5 Å². The quantitative estimate of drug-likeness (QED) is 0.284. The maximum Gasteiger partial charge on any atom is 0.306 e. The Morgan fingerprint density at radius 1 is 1.12 bits per heavy atom. The first-order chi connectivity index (χ1) is 20.2. The van der Waals surface area contributed by atoms with Gasteiger partial charge in [-0.2, -0.15) is 0 Å². The molecular weight excluding hydrogens is 540 g/mol. The molecule has 2 aliphatic rings. The third-order valence-corrected chi connectivity index (χ3v) is 7.91. The number of aromatic hydroxyl groups is 1. The summed E-state index contributed by atoms with van der Waals surface area (Å²) in [6, 6.07) is 11.8. The summed E-state index contributed by atoms with van der Waals surface area (Å²) in [7, 11) is 2.78. The highest BCUT2D eigenvalue weighted by Gasteiger charge is 2.35.